The maximum Gasteiger partial charge on any atom is 0.407 e. The molecule has 0 heterocycles. The Kier molecular flexibility index (Phi) is 7.33. The predicted molar refractivity (Wildman–Crippen MR) is 65.1 cm³/mol. The van der Waals surface area contributed by atoms with Crippen molar-refractivity contribution < 1.29 is 27.9 Å². The van der Waals surface area contributed by atoms with Crippen LogP contribution in [0.5, 0.6) is 0 Å². The fraction of sp³-hybridized carbons (Fsp3) is 0.800. The number of hydrogen-bond donors (Lipinski definition) is 2. The van der Waals surface area contributed by atoms with Gasteiger partial charge in [-0.25, -0.2) is 18.0 Å². The van der Waals surface area contributed by atoms with Gasteiger partial charge in [0.05, 0.1) is 5.75 Å². The summed E-state index contributed by atoms with van der Waals surface area (Å²) in [5.41, 5.74) is 0. The van der Waals surface area contributed by atoms with E-state index in [2.05, 4.69) is 10.1 Å². The normalized spacial score (nSPS) is 12.8. The van der Waals surface area contributed by atoms with E-state index >= 15 is 0 Å². The van der Waals surface area contributed by atoms with Crippen molar-refractivity contribution in [2.24, 2.45) is 0 Å². The first-order valence-corrected chi connectivity index (χ1v) is 7.66. The zero-order valence-electron chi connectivity index (χ0n) is 10.5. The molecule has 0 bridgehead atoms. The average molecular weight is 281 g/mol. The Morgan fingerprint density at radius 1 is 1.39 bits per heavy atom. The molecule has 0 saturated heterocycles. The third-order valence-electron chi connectivity index (χ3n) is 2.12. The van der Waals surface area contributed by atoms with Crippen LogP contribution in [0.3, 0.4) is 0 Å². The molecule has 0 aliphatic carbocycles. The Labute approximate surface area is 106 Å². The van der Waals surface area contributed by atoms with Crippen molar-refractivity contribution >= 4 is 21.9 Å². The minimum Gasteiger partial charge on any atom is -0.480 e. The van der Waals surface area contributed by atoms with Crippen LogP contribution in [0.4, 0.5) is 4.79 Å². The van der Waals surface area contributed by atoms with Crippen molar-refractivity contribution in [2.75, 3.05) is 18.6 Å². The summed E-state index contributed by atoms with van der Waals surface area (Å²) >= 11 is 0. The van der Waals surface area contributed by atoms with Crippen LogP contribution < -0.4 is 5.32 Å². The number of carbonyl (C=O) groups is 2. The van der Waals surface area contributed by atoms with Crippen molar-refractivity contribution in [3.63, 3.8) is 0 Å². The molecule has 0 radical (unpaired) electrons. The smallest absolute Gasteiger partial charge is 0.407 e. The van der Waals surface area contributed by atoms with Gasteiger partial charge < -0.3 is 15.2 Å². The number of carboxylic acids is 1. The van der Waals surface area contributed by atoms with E-state index in [1.807, 2.05) is 6.92 Å². The summed E-state index contributed by atoms with van der Waals surface area (Å²) in [6.07, 6.45) is 1.90. The molecule has 1 amide bonds. The van der Waals surface area contributed by atoms with E-state index in [0.717, 1.165) is 12.7 Å². The third kappa shape index (κ3) is 8.80. The largest absolute Gasteiger partial charge is 0.480 e. The summed E-state index contributed by atoms with van der Waals surface area (Å²) in [7, 11) is -3.20. The van der Waals surface area contributed by atoms with Crippen LogP contribution in [0.2, 0.25) is 0 Å². The molecule has 0 aliphatic heterocycles. The molecule has 106 valence electrons. The van der Waals surface area contributed by atoms with E-state index in [1.54, 1.807) is 0 Å². The van der Waals surface area contributed by atoms with Gasteiger partial charge in [-0.1, -0.05) is 19.8 Å². The highest BCUT2D eigenvalue weighted by molar-refractivity contribution is 7.90. The van der Waals surface area contributed by atoms with Crippen molar-refractivity contribution in [1.29, 1.82) is 0 Å². The van der Waals surface area contributed by atoms with Crippen LogP contribution in [-0.2, 0) is 19.4 Å². The van der Waals surface area contributed by atoms with E-state index in [-0.39, 0.29) is 12.4 Å². The summed E-state index contributed by atoms with van der Waals surface area (Å²) in [6, 6.07) is -1.00. The van der Waals surface area contributed by atoms with Gasteiger partial charge in [0.15, 0.2) is 9.84 Å². The first-order valence-electron chi connectivity index (χ1n) is 5.60. The summed E-state index contributed by atoms with van der Waals surface area (Å²) < 4.78 is 26.1. The number of ether oxygens (including phenoxy) is 1. The second kappa shape index (κ2) is 7.91. The Morgan fingerprint density at radius 3 is 2.44 bits per heavy atom. The van der Waals surface area contributed by atoms with Crippen LogP contribution in [0.1, 0.15) is 26.2 Å². The van der Waals surface area contributed by atoms with Gasteiger partial charge in [-0.2, -0.15) is 0 Å². The highest BCUT2D eigenvalue weighted by Crippen LogP contribution is 2.01. The lowest BCUT2D eigenvalue weighted by atomic mass is 10.1. The van der Waals surface area contributed by atoms with Crippen molar-refractivity contribution in [2.45, 2.75) is 32.2 Å². The number of carbonyl (C=O) groups excluding carboxylic acids is 1. The molecule has 18 heavy (non-hydrogen) atoms. The summed E-state index contributed by atoms with van der Waals surface area (Å²) in [6.45, 7) is 1.62. The van der Waals surface area contributed by atoms with E-state index in [4.69, 9.17) is 5.11 Å². The molecule has 2 N–H and O–H groups in total. The number of amides is 1. The van der Waals surface area contributed by atoms with E-state index < -0.39 is 27.9 Å². The predicted octanol–water partition coefficient (Wildman–Crippen LogP) is 0.401. The molecule has 1 atom stereocenters. The van der Waals surface area contributed by atoms with Gasteiger partial charge >= 0.3 is 12.1 Å². The lowest BCUT2D eigenvalue weighted by Crippen LogP contribution is -2.41. The summed E-state index contributed by atoms with van der Waals surface area (Å²) in [4.78, 5) is 22.0. The van der Waals surface area contributed by atoms with E-state index in [0.29, 0.717) is 12.8 Å². The number of hydrogen-bond acceptors (Lipinski definition) is 5. The van der Waals surface area contributed by atoms with Crippen LogP contribution in [0.25, 0.3) is 0 Å². The second-order valence-electron chi connectivity index (χ2n) is 3.94. The van der Waals surface area contributed by atoms with Gasteiger partial charge in [-0.3, -0.25) is 0 Å². The van der Waals surface area contributed by atoms with Gasteiger partial charge in [0.25, 0.3) is 0 Å². The highest BCUT2D eigenvalue weighted by Gasteiger charge is 2.19. The standard InChI is InChI=1S/C10H19NO6S/c1-3-4-5-8(9(12)13)11-10(14)17-6-7-18(2,15)16/h8H,3-7H2,1-2H3,(H,11,14)(H,12,13). The monoisotopic (exact) mass is 281 g/mol. The summed E-state index contributed by atoms with van der Waals surface area (Å²) in [5, 5.41) is 11.0. The van der Waals surface area contributed by atoms with Gasteiger partial charge in [-0.05, 0) is 6.42 Å². The molecular weight excluding hydrogens is 262 g/mol. The van der Waals surface area contributed by atoms with E-state index in [1.165, 1.54) is 0 Å². The number of sulfone groups is 1. The molecule has 8 heteroatoms. The first-order chi connectivity index (χ1) is 8.26. The molecular formula is C10H19NO6S. The molecule has 0 saturated carbocycles. The van der Waals surface area contributed by atoms with Crippen LogP contribution >= 0.6 is 0 Å². The van der Waals surface area contributed by atoms with Crippen molar-refractivity contribution in [3.05, 3.63) is 0 Å². The van der Waals surface area contributed by atoms with Crippen LogP contribution in [0, 0.1) is 0 Å². The molecule has 0 rings (SSSR count). The Morgan fingerprint density at radius 2 is 2.00 bits per heavy atom. The SMILES string of the molecule is CCCCC(NC(=O)OCCS(C)(=O)=O)C(=O)O. The van der Waals surface area contributed by atoms with Crippen LogP contribution in [-0.4, -0.2) is 50.2 Å². The van der Waals surface area contributed by atoms with Crippen LogP contribution in [0.15, 0.2) is 0 Å². The molecule has 0 fully saturated rings. The summed E-state index contributed by atoms with van der Waals surface area (Å²) in [5.74, 6) is -1.42. The number of alkyl carbamates (subject to hydrolysis) is 1. The zero-order valence-corrected chi connectivity index (χ0v) is 11.3. The minimum atomic E-state index is -3.20. The van der Waals surface area contributed by atoms with Crippen molar-refractivity contribution in [3.8, 4) is 0 Å². The molecule has 0 aromatic rings. The molecule has 7 nitrogen and oxygen atoms in total. The highest BCUT2D eigenvalue weighted by atomic mass is 32.2. The average Bonchev–Trinajstić information content (AvgIpc) is 2.21. The number of rotatable bonds is 8. The Balaban J connectivity index is 4.06. The first kappa shape index (κ1) is 16.7. The van der Waals surface area contributed by atoms with Gasteiger partial charge in [0.2, 0.25) is 0 Å². The maximum atomic E-state index is 11.2. The lowest BCUT2D eigenvalue weighted by molar-refractivity contribution is -0.139. The third-order valence-corrected chi connectivity index (χ3v) is 3.03. The maximum absolute atomic E-state index is 11.2. The van der Waals surface area contributed by atoms with Crippen molar-refractivity contribution in [1.82, 2.24) is 5.32 Å². The molecule has 0 spiro atoms. The minimum absolute atomic E-state index is 0.285. The lowest BCUT2D eigenvalue weighted by Gasteiger charge is -2.13. The van der Waals surface area contributed by atoms with E-state index in [9.17, 15) is 18.0 Å². The number of carboxylic acid groups (broad SMARTS) is 1. The van der Waals surface area contributed by atoms with Gasteiger partial charge in [0, 0.05) is 6.26 Å². The second-order valence-corrected chi connectivity index (χ2v) is 6.20. The topological polar surface area (TPSA) is 110 Å². The number of aliphatic carboxylic acids is 1. The van der Waals surface area contributed by atoms with Gasteiger partial charge in [0.1, 0.15) is 12.6 Å². The molecule has 1 unspecified atom stereocenters. The molecule has 0 aliphatic rings. The quantitative estimate of drug-likeness (QED) is 0.666. The fourth-order valence-electron chi connectivity index (χ4n) is 1.14. The zero-order chi connectivity index (χ0) is 14.2. The Bertz CT molecular complexity index is 378. The Hall–Kier alpha value is -1.31. The number of unbranched alkanes of at least 4 members (excludes halogenated alkanes) is 1. The fourth-order valence-corrected chi connectivity index (χ4v) is 1.52. The number of nitrogens with one attached hydrogen (secondary N) is 1. The van der Waals surface area contributed by atoms with Gasteiger partial charge in [-0.15, -0.1) is 0 Å². The molecule has 0 aromatic heterocycles. The molecule has 0 aromatic carbocycles.